The molecule has 0 aromatic carbocycles. The third-order valence-corrected chi connectivity index (χ3v) is 2.20. The van der Waals surface area contributed by atoms with Gasteiger partial charge in [0.1, 0.15) is 5.60 Å². The van der Waals surface area contributed by atoms with Gasteiger partial charge in [0.25, 0.3) is 5.91 Å². The highest BCUT2D eigenvalue weighted by Crippen LogP contribution is 2.31. The van der Waals surface area contributed by atoms with Gasteiger partial charge in [-0.2, -0.15) is 0 Å². The van der Waals surface area contributed by atoms with Crippen LogP contribution in [0.25, 0.3) is 0 Å². The van der Waals surface area contributed by atoms with E-state index in [9.17, 15) is 9.90 Å². The largest absolute Gasteiger partial charge is 0.383 e. The van der Waals surface area contributed by atoms with Gasteiger partial charge >= 0.3 is 0 Å². The number of carbonyl (C=O) groups excluding carboxylic acids is 1. The molecule has 1 aliphatic carbocycles. The molecule has 0 saturated heterocycles. The maximum Gasteiger partial charge on any atom is 0.252 e. The number of hydrogen-bond acceptors (Lipinski definition) is 3. The van der Waals surface area contributed by atoms with Crippen LogP contribution in [-0.2, 0) is 9.53 Å². The van der Waals surface area contributed by atoms with Crippen LogP contribution in [-0.4, -0.2) is 36.9 Å². The fraction of sp³-hybridized carbons (Fsp3) is 0.875. The molecular formula is C8H15NO3. The molecule has 0 aromatic heterocycles. The monoisotopic (exact) mass is 173 g/mol. The first-order chi connectivity index (χ1) is 5.69. The Hall–Kier alpha value is -0.610. The van der Waals surface area contributed by atoms with Gasteiger partial charge in [0.15, 0.2) is 0 Å². The minimum Gasteiger partial charge on any atom is -0.383 e. The van der Waals surface area contributed by atoms with Gasteiger partial charge in [0, 0.05) is 13.7 Å². The van der Waals surface area contributed by atoms with Crippen LogP contribution in [0.5, 0.6) is 0 Å². The Kier molecular flexibility index (Phi) is 3.05. The summed E-state index contributed by atoms with van der Waals surface area (Å²) in [6.45, 7) is 0.958. The molecule has 2 N–H and O–H groups in total. The van der Waals surface area contributed by atoms with Gasteiger partial charge in [-0.15, -0.1) is 0 Å². The van der Waals surface area contributed by atoms with E-state index in [1.165, 1.54) is 0 Å². The smallest absolute Gasteiger partial charge is 0.252 e. The van der Waals surface area contributed by atoms with E-state index in [4.69, 9.17) is 4.74 Å². The van der Waals surface area contributed by atoms with Crippen LogP contribution in [0, 0.1) is 0 Å². The lowest BCUT2D eigenvalue weighted by Gasteiger charge is -2.34. The Balaban J connectivity index is 2.19. The van der Waals surface area contributed by atoms with Crippen LogP contribution in [0.2, 0.25) is 0 Å². The minimum absolute atomic E-state index is 0.259. The van der Waals surface area contributed by atoms with Crippen LogP contribution in [0.1, 0.15) is 19.3 Å². The fourth-order valence-electron chi connectivity index (χ4n) is 1.17. The molecule has 4 heteroatoms. The van der Waals surface area contributed by atoms with E-state index in [0.29, 0.717) is 26.0 Å². The zero-order chi connectivity index (χ0) is 9.03. The summed E-state index contributed by atoms with van der Waals surface area (Å²) >= 11 is 0. The Labute approximate surface area is 71.9 Å². The standard InChI is InChI=1S/C8H15NO3/c1-12-6-5-9-7(10)8(11)3-2-4-8/h11H,2-6H2,1H3,(H,9,10). The number of nitrogens with one attached hydrogen (secondary N) is 1. The highest BCUT2D eigenvalue weighted by Gasteiger charge is 2.41. The number of ether oxygens (including phenoxy) is 1. The summed E-state index contributed by atoms with van der Waals surface area (Å²) < 4.78 is 4.76. The maximum atomic E-state index is 11.2. The first-order valence-corrected chi connectivity index (χ1v) is 4.19. The molecule has 1 amide bonds. The normalized spacial score (nSPS) is 19.8. The van der Waals surface area contributed by atoms with Crippen molar-refractivity contribution in [3.63, 3.8) is 0 Å². The molecule has 0 spiro atoms. The highest BCUT2D eigenvalue weighted by molar-refractivity contribution is 5.85. The Morgan fingerprint density at radius 3 is 2.75 bits per heavy atom. The Morgan fingerprint density at radius 2 is 2.33 bits per heavy atom. The highest BCUT2D eigenvalue weighted by atomic mass is 16.5. The van der Waals surface area contributed by atoms with Crippen LogP contribution >= 0.6 is 0 Å². The van der Waals surface area contributed by atoms with E-state index in [1.807, 2.05) is 0 Å². The number of amides is 1. The van der Waals surface area contributed by atoms with Gasteiger partial charge in [-0.05, 0) is 19.3 Å². The lowest BCUT2D eigenvalue weighted by Crippen LogP contribution is -2.52. The van der Waals surface area contributed by atoms with Crippen molar-refractivity contribution in [2.24, 2.45) is 0 Å². The van der Waals surface area contributed by atoms with Crippen molar-refractivity contribution in [3.8, 4) is 0 Å². The molecule has 1 fully saturated rings. The predicted molar refractivity (Wildman–Crippen MR) is 43.7 cm³/mol. The lowest BCUT2D eigenvalue weighted by molar-refractivity contribution is -0.148. The zero-order valence-electron chi connectivity index (χ0n) is 7.30. The summed E-state index contributed by atoms with van der Waals surface area (Å²) in [7, 11) is 1.57. The second-order valence-electron chi connectivity index (χ2n) is 3.13. The van der Waals surface area contributed by atoms with Crippen molar-refractivity contribution >= 4 is 5.91 Å². The topological polar surface area (TPSA) is 58.6 Å². The molecule has 1 aliphatic rings. The van der Waals surface area contributed by atoms with E-state index in [2.05, 4.69) is 5.32 Å². The first-order valence-electron chi connectivity index (χ1n) is 4.19. The van der Waals surface area contributed by atoms with Gasteiger partial charge in [-0.25, -0.2) is 0 Å². The Bertz CT molecular complexity index is 166. The number of hydrogen-bond donors (Lipinski definition) is 2. The van der Waals surface area contributed by atoms with Gasteiger partial charge in [-0.3, -0.25) is 4.79 Å². The molecule has 0 bridgehead atoms. The van der Waals surface area contributed by atoms with Crippen LogP contribution < -0.4 is 5.32 Å². The average molecular weight is 173 g/mol. The summed E-state index contributed by atoms with van der Waals surface area (Å²) in [5.41, 5.74) is -1.08. The van der Waals surface area contributed by atoms with E-state index in [-0.39, 0.29) is 5.91 Å². The average Bonchev–Trinajstić information content (AvgIpc) is 2.00. The molecule has 0 aliphatic heterocycles. The summed E-state index contributed by atoms with van der Waals surface area (Å²) in [4.78, 5) is 11.2. The molecule has 0 atom stereocenters. The Morgan fingerprint density at radius 1 is 1.67 bits per heavy atom. The fourth-order valence-corrected chi connectivity index (χ4v) is 1.17. The predicted octanol–water partition coefficient (Wildman–Crippen LogP) is -0.336. The quantitative estimate of drug-likeness (QED) is 0.572. The number of methoxy groups -OCH3 is 1. The van der Waals surface area contributed by atoms with Crippen molar-refractivity contribution in [2.45, 2.75) is 24.9 Å². The molecule has 1 rings (SSSR count). The van der Waals surface area contributed by atoms with Gasteiger partial charge in [-0.1, -0.05) is 0 Å². The summed E-state index contributed by atoms with van der Waals surface area (Å²) in [6.07, 6.45) is 2.12. The second-order valence-corrected chi connectivity index (χ2v) is 3.13. The van der Waals surface area contributed by atoms with Crippen molar-refractivity contribution in [1.29, 1.82) is 0 Å². The van der Waals surface area contributed by atoms with E-state index in [0.717, 1.165) is 6.42 Å². The molecule has 0 radical (unpaired) electrons. The molecule has 4 nitrogen and oxygen atoms in total. The zero-order valence-corrected chi connectivity index (χ0v) is 7.30. The third-order valence-electron chi connectivity index (χ3n) is 2.20. The van der Waals surface area contributed by atoms with Gasteiger partial charge < -0.3 is 15.2 Å². The second kappa shape index (κ2) is 3.87. The molecule has 1 saturated carbocycles. The van der Waals surface area contributed by atoms with Crippen LogP contribution in [0.4, 0.5) is 0 Å². The van der Waals surface area contributed by atoms with Crippen molar-refractivity contribution in [3.05, 3.63) is 0 Å². The van der Waals surface area contributed by atoms with Crippen LogP contribution in [0.15, 0.2) is 0 Å². The SMILES string of the molecule is COCCNC(=O)C1(O)CCC1. The molecule has 0 heterocycles. The minimum atomic E-state index is -1.08. The van der Waals surface area contributed by atoms with E-state index >= 15 is 0 Å². The third kappa shape index (κ3) is 1.95. The van der Waals surface area contributed by atoms with Gasteiger partial charge in [0.05, 0.1) is 6.61 Å². The molecule has 70 valence electrons. The summed E-state index contributed by atoms with van der Waals surface area (Å²) in [6, 6.07) is 0. The molecule has 12 heavy (non-hydrogen) atoms. The van der Waals surface area contributed by atoms with Crippen LogP contribution in [0.3, 0.4) is 0 Å². The van der Waals surface area contributed by atoms with Crippen molar-refractivity contribution < 1.29 is 14.6 Å². The lowest BCUT2D eigenvalue weighted by atomic mass is 9.79. The van der Waals surface area contributed by atoms with Crippen molar-refractivity contribution in [1.82, 2.24) is 5.32 Å². The number of rotatable bonds is 4. The first kappa shape index (κ1) is 9.48. The summed E-state index contributed by atoms with van der Waals surface area (Å²) in [5.74, 6) is -0.259. The van der Waals surface area contributed by atoms with Gasteiger partial charge in [0.2, 0.25) is 0 Å². The summed E-state index contributed by atoms with van der Waals surface area (Å²) in [5, 5.41) is 12.1. The maximum absolute atomic E-state index is 11.2. The molecular weight excluding hydrogens is 158 g/mol. The number of carbonyl (C=O) groups is 1. The van der Waals surface area contributed by atoms with E-state index < -0.39 is 5.60 Å². The van der Waals surface area contributed by atoms with E-state index in [1.54, 1.807) is 7.11 Å². The molecule has 0 unspecified atom stereocenters. The van der Waals surface area contributed by atoms with Crippen molar-refractivity contribution in [2.75, 3.05) is 20.3 Å². The molecule has 0 aromatic rings. The number of aliphatic hydroxyl groups is 1.